The van der Waals surface area contributed by atoms with Crippen LogP contribution in [-0.4, -0.2) is 39.4 Å². The first-order valence-corrected chi connectivity index (χ1v) is 5.49. The minimum Gasteiger partial charge on any atom is -0.424 e. The van der Waals surface area contributed by atoms with Crippen molar-refractivity contribution < 1.29 is 9.52 Å². The number of aryl methyl sites for hydroxylation is 1. The van der Waals surface area contributed by atoms with Crippen LogP contribution >= 0.6 is 0 Å². The van der Waals surface area contributed by atoms with Crippen molar-refractivity contribution in [2.75, 3.05) is 13.1 Å². The molecule has 0 spiro atoms. The Morgan fingerprint density at radius 1 is 1.47 bits per heavy atom. The van der Waals surface area contributed by atoms with Crippen molar-refractivity contribution in [1.29, 1.82) is 0 Å². The van der Waals surface area contributed by atoms with Gasteiger partial charge >= 0.3 is 0 Å². The van der Waals surface area contributed by atoms with E-state index in [2.05, 4.69) is 15.1 Å². The quantitative estimate of drug-likeness (QED) is 0.792. The van der Waals surface area contributed by atoms with E-state index in [0.29, 0.717) is 24.9 Å². The van der Waals surface area contributed by atoms with Crippen LogP contribution in [0.5, 0.6) is 0 Å². The van der Waals surface area contributed by atoms with Crippen molar-refractivity contribution >= 4 is 0 Å². The molecule has 84 valence electrons. The highest BCUT2D eigenvalue weighted by molar-refractivity contribution is 4.83. The highest BCUT2D eigenvalue weighted by Gasteiger charge is 2.19. The summed E-state index contributed by atoms with van der Waals surface area (Å²) in [5.41, 5.74) is 0. The van der Waals surface area contributed by atoms with E-state index >= 15 is 0 Å². The number of nitrogens with zero attached hydrogens (tertiary/aromatic N) is 3. The summed E-state index contributed by atoms with van der Waals surface area (Å²) >= 11 is 0. The Hall–Kier alpha value is -0.940. The molecule has 0 aromatic carbocycles. The Labute approximate surface area is 89.1 Å². The van der Waals surface area contributed by atoms with Crippen molar-refractivity contribution in [3.8, 4) is 0 Å². The van der Waals surface area contributed by atoms with Gasteiger partial charge in [-0.2, -0.15) is 0 Å². The average molecular weight is 211 g/mol. The third-order valence-electron chi connectivity index (χ3n) is 2.65. The van der Waals surface area contributed by atoms with Gasteiger partial charge in [0, 0.05) is 13.0 Å². The fourth-order valence-electron chi connectivity index (χ4n) is 1.86. The number of aliphatic hydroxyl groups excluding tert-OH is 1. The second-order valence-electron chi connectivity index (χ2n) is 3.97. The van der Waals surface area contributed by atoms with Crippen molar-refractivity contribution in [2.45, 2.75) is 38.8 Å². The Morgan fingerprint density at radius 3 is 2.93 bits per heavy atom. The smallest absolute Gasteiger partial charge is 0.230 e. The number of β-amino-alcohol motifs (C(OH)–C–C–N with tert-alkyl or cyclic N) is 1. The monoisotopic (exact) mass is 211 g/mol. The van der Waals surface area contributed by atoms with Crippen LogP contribution in [0, 0.1) is 0 Å². The van der Waals surface area contributed by atoms with Crippen LogP contribution in [0.3, 0.4) is 0 Å². The van der Waals surface area contributed by atoms with Gasteiger partial charge in [-0.25, -0.2) is 0 Å². The van der Waals surface area contributed by atoms with Crippen LogP contribution in [0.4, 0.5) is 0 Å². The summed E-state index contributed by atoms with van der Waals surface area (Å²) in [6.07, 6.45) is 2.51. The third kappa shape index (κ3) is 2.76. The lowest BCUT2D eigenvalue weighted by atomic mass is 10.1. The van der Waals surface area contributed by atoms with Crippen LogP contribution in [0.25, 0.3) is 0 Å². The summed E-state index contributed by atoms with van der Waals surface area (Å²) in [6.45, 7) is 4.36. The van der Waals surface area contributed by atoms with Gasteiger partial charge in [-0.3, -0.25) is 4.90 Å². The van der Waals surface area contributed by atoms with E-state index in [9.17, 15) is 5.11 Å². The van der Waals surface area contributed by atoms with Crippen molar-refractivity contribution in [3.05, 3.63) is 11.8 Å². The van der Waals surface area contributed by atoms with Gasteiger partial charge in [-0.1, -0.05) is 6.92 Å². The van der Waals surface area contributed by atoms with Gasteiger partial charge in [0.2, 0.25) is 11.8 Å². The zero-order chi connectivity index (χ0) is 10.7. The molecule has 1 fully saturated rings. The van der Waals surface area contributed by atoms with Crippen LogP contribution in [0.2, 0.25) is 0 Å². The maximum Gasteiger partial charge on any atom is 0.230 e. The molecule has 0 saturated carbocycles. The third-order valence-corrected chi connectivity index (χ3v) is 2.65. The molecule has 1 aliphatic rings. The minimum absolute atomic E-state index is 0.202. The predicted molar refractivity (Wildman–Crippen MR) is 54.2 cm³/mol. The molecular formula is C10H17N3O2. The van der Waals surface area contributed by atoms with E-state index < -0.39 is 0 Å². The van der Waals surface area contributed by atoms with E-state index in [0.717, 1.165) is 25.8 Å². The van der Waals surface area contributed by atoms with Crippen molar-refractivity contribution in [1.82, 2.24) is 15.1 Å². The number of hydrogen-bond donors (Lipinski definition) is 1. The summed E-state index contributed by atoms with van der Waals surface area (Å²) < 4.78 is 5.43. The minimum atomic E-state index is -0.202. The molecule has 5 heteroatoms. The molecule has 0 radical (unpaired) electrons. The normalized spacial score (nSPS) is 23.2. The SMILES string of the molecule is CCc1nnc(CN2CCCC(O)C2)o1. The molecule has 1 saturated heterocycles. The number of aliphatic hydroxyl groups is 1. The van der Waals surface area contributed by atoms with Crippen LogP contribution in [-0.2, 0) is 13.0 Å². The number of hydrogen-bond acceptors (Lipinski definition) is 5. The largest absolute Gasteiger partial charge is 0.424 e. The predicted octanol–water partition coefficient (Wildman–Crippen LogP) is 0.589. The number of rotatable bonds is 3. The Morgan fingerprint density at radius 2 is 2.27 bits per heavy atom. The number of aromatic nitrogens is 2. The molecule has 1 aromatic heterocycles. The second-order valence-corrected chi connectivity index (χ2v) is 3.97. The fourth-order valence-corrected chi connectivity index (χ4v) is 1.86. The molecule has 1 aromatic rings. The first-order chi connectivity index (χ1) is 7.28. The number of likely N-dealkylation sites (tertiary alicyclic amines) is 1. The van der Waals surface area contributed by atoms with Gasteiger partial charge < -0.3 is 9.52 Å². The van der Waals surface area contributed by atoms with Gasteiger partial charge in [-0.05, 0) is 19.4 Å². The maximum atomic E-state index is 9.50. The van der Waals surface area contributed by atoms with Gasteiger partial charge in [0.15, 0.2) is 0 Å². The van der Waals surface area contributed by atoms with Crippen molar-refractivity contribution in [3.63, 3.8) is 0 Å². The summed E-state index contributed by atoms with van der Waals surface area (Å²) in [5.74, 6) is 1.34. The van der Waals surface area contributed by atoms with Crippen LogP contribution in [0.15, 0.2) is 4.42 Å². The highest BCUT2D eigenvalue weighted by Crippen LogP contribution is 2.12. The Balaban J connectivity index is 1.90. The van der Waals surface area contributed by atoms with E-state index in [1.165, 1.54) is 0 Å². The van der Waals surface area contributed by atoms with Crippen molar-refractivity contribution in [2.24, 2.45) is 0 Å². The molecule has 5 nitrogen and oxygen atoms in total. The summed E-state index contributed by atoms with van der Waals surface area (Å²) in [6, 6.07) is 0. The first kappa shape index (κ1) is 10.6. The van der Waals surface area contributed by atoms with Crippen LogP contribution in [0.1, 0.15) is 31.5 Å². The lowest BCUT2D eigenvalue weighted by Crippen LogP contribution is -2.37. The van der Waals surface area contributed by atoms with E-state index in [1.807, 2.05) is 6.92 Å². The lowest BCUT2D eigenvalue weighted by molar-refractivity contribution is 0.0622. The first-order valence-electron chi connectivity index (χ1n) is 5.49. The molecule has 2 heterocycles. The van der Waals surface area contributed by atoms with Gasteiger partial charge in [0.1, 0.15) is 0 Å². The standard InChI is InChI=1S/C10H17N3O2/c1-2-9-11-12-10(15-9)7-13-5-3-4-8(14)6-13/h8,14H,2-7H2,1H3. The average Bonchev–Trinajstić information content (AvgIpc) is 2.65. The van der Waals surface area contributed by atoms with E-state index in [-0.39, 0.29) is 6.10 Å². The molecule has 0 amide bonds. The molecule has 2 rings (SSSR count). The summed E-state index contributed by atoms with van der Waals surface area (Å²) in [7, 11) is 0. The lowest BCUT2D eigenvalue weighted by Gasteiger charge is -2.28. The molecule has 15 heavy (non-hydrogen) atoms. The Kier molecular flexibility index (Phi) is 3.33. The maximum absolute atomic E-state index is 9.50. The summed E-state index contributed by atoms with van der Waals surface area (Å²) in [4.78, 5) is 2.15. The molecule has 0 aliphatic carbocycles. The van der Waals surface area contributed by atoms with E-state index in [4.69, 9.17) is 4.42 Å². The molecule has 1 unspecified atom stereocenters. The summed E-state index contributed by atoms with van der Waals surface area (Å²) in [5, 5.41) is 17.4. The van der Waals surface area contributed by atoms with Gasteiger partial charge in [0.05, 0.1) is 12.6 Å². The highest BCUT2D eigenvalue weighted by atomic mass is 16.4. The van der Waals surface area contributed by atoms with E-state index in [1.54, 1.807) is 0 Å². The zero-order valence-electron chi connectivity index (χ0n) is 9.02. The number of piperidine rings is 1. The molecular weight excluding hydrogens is 194 g/mol. The fraction of sp³-hybridized carbons (Fsp3) is 0.800. The van der Waals surface area contributed by atoms with Crippen LogP contribution < -0.4 is 0 Å². The molecule has 1 aliphatic heterocycles. The molecule has 0 bridgehead atoms. The zero-order valence-corrected chi connectivity index (χ0v) is 9.02. The van der Waals surface area contributed by atoms with Gasteiger partial charge in [-0.15, -0.1) is 10.2 Å². The Bertz CT molecular complexity index is 313. The van der Waals surface area contributed by atoms with Gasteiger partial charge in [0.25, 0.3) is 0 Å². The molecule has 1 atom stereocenters. The second kappa shape index (κ2) is 4.72. The topological polar surface area (TPSA) is 62.4 Å². The molecule has 1 N–H and O–H groups in total.